The summed E-state index contributed by atoms with van der Waals surface area (Å²) in [6.07, 6.45) is 1.55. The third-order valence-electron chi connectivity index (χ3n) is 3.98. The van der Waals surface area contributed by atoms with Gasteiger partial charge in [-0.3, -0.25) is 9.89 Å². The summed E-state index contributed by atoms with van der Waals surface area (Å²) < 4.78 is 13.9. The van der Waals surface area contributed by atoms with Crippen molar-refractivity contribution in [1.82, 2.24) is 14.9 Å². The molecule has 0 saturated carbocycles. The van der Waals surface area contributed by atoms with E-state index < -0.39 is 0 Å². The molecule has 0 aliphatic heterocycles. The Hall–Kier alpha value is -2.85. The van der Waals surface area contributed by atoms with Gasteiger partial charge in [0.15, 0.2) is 18.1 Å². The van der Waals surface area contributed by atoms with Crippen LogP contribution in [0, 0.1) is 11.7 Å². The standard InChI is InChI=1S/C19H20BrN5O3S/c1-12-3-5-14(6-4-12)23-17(26)10-28-18-15(20)7-13(8-16(18)27-2)9-22-25-11-21-24-19(25)29/h3-8,11,22H,9-10H2,1-2H3,(H,23,26)(H,24,29). The number of hydrogen-bond acceptors (Lipinski definition) is 6. The summed E-state index contributed by atoms with van der Waals surface area (Å²) in [5.41, 5.74) is 5.89. The lowest BCUT2D eigenvalue weighted by molar-refractivity contribution is -0.118. The predicted octanol–water partition coefficient (Wildman–Crippen LogP) is 3.78. The number of rotatable bonds is 8. The molecule has 0 aliphatic rings. The molecule has 29 heavy (non-hydrogen) atoms. The van der Waals surface area contributed by atoms with E-state index in [-0.39, 0.29) is 12.5 Å². The van der Waals surface area contributed by atoms with E-state index in [0.717, 1.165) is 16.8 Å². The Labute approximate surface area is 181 Å². The quantitative estimate of drug-likeness (QED) is 0.427. The van der Waals surface area contributed by atoms with Crippen LogP contribution in [0.2, 0.25) is 0 Å². The van der Waals surface area contributed by atoms with Crippen molar-refractivity contribution < 1.29 is 14.3 Å². The van der Waals surface area contributed by atoms with Gasteiger partial charge in [0, 0.05) is 5.69 Å². The molecule has 1 heterocycles. The van der Waals surface area contributed by atoms with Crippen LogP contribution in [0.25, 0.3) is 0 Å². The molecule has 0 atom stereocenters. The second-order valence-corrected chi connectivity index (χ2v) is 7.42. The lowest BCUT2D eigenvalue weighted by Crippen LogP contribution is -2.20. The van der Waals surface area contributed by atoms with Crippen molar-refractivity contribution in [2.45, 2.75) is 13.5 Å². The van der Waals surface area contributed by atoms with Gasteiger partial charge in [-0.1, -0.05) is 17.7 Å². The maximum Gasteiger partial charge on any atom is 0.262 e. The van der Waals surface area contributed by atoms with Gasteiger partial charge in [0.1, 0.15) is 6.33 Å². The van der Waals surface area contributed by atoms with Gasteiger partial charge in [-0.2, -0.15) is 5.10 Å². The van der Waals surface area contributed by atoms with Crippen LogP contribution in [0.1, 0.15) is 11.1 Å². The fourth-order valence-electron chi connectivity index (χ4n) is 2.52. The van der Waals surface area contributed by atoms with Gasteiger partial charge in [0.25, 0.3) is 5.91 Å². The van der Waals surface area contributed by atoms with Crippen LogP contribution < -0.4 is 20.2 Å². The van der Waals surface area contributed by atoms with Gasteiger partial charge in [-0.25, -0.2) is 4.68 Å². The van der Waals surface area contributed by atoms with Gasteiger partial charge < -0.3 is 20.2 Å². The topological polar surface area (TPSA) is 93.2 Å². The fraction of sp³-hybridized carbons (Fsp3) is 0.211. The molecule has 1 aromatic heterocycles. The summed E-state index contributed by atoms with van der Waals surface area (Å²) in [7, 11) is 1.55. The third kappa shape index (κ3) is 5.58. The normalized spacial score (nSPS) is 10.4. The molecule has 0 bridgehead atoms. The van der Waals surface area contributed by atoms with E-state index in [9.17, 15) is 4.79 Å². The van der Waals surface area contributed by atoms with Crippen molar-refractivity contribution >= 4 is 39.7 Å². The van der Waals surface area contributed by atoms with Crippen molar-refractivity contribution in [3.8, 4) is 11.5 Å². The first kappa shape index (κ1) is 20.9. The zero-order valence-electron chi connectivity index (χ0n) is 15.9. The number of carbonyl (C=O) groups excluding carboxylic acids is 1. The van der Waals surface area contributed by atoms with Crippen molar-refractivity contribution in [2.75, 3.05) is 24.5 Å². The van der Waals surface area contributed by atoms with Gasteiger partial charge >= 0.3 is 0 Å². The van der Waals surface area contributed by atoms with E-state index in [1.54, 1.807) is 18.1 Å². The molecule has 3 rings (SSSR count). The molecule has 1 amide bonds. The number of aryl methyl sites for hydroxylation is 1. The molecular weight excluding hydrogens is 458 g/mol. The van der Waals surface area contributed by atoms with E-state index in [1.807, 2.05) is 43.3 Å². The highest BCUT2D eigenvalue weighted by atomic mass is 79.9. The number of aromatic amines is 1. The first-order valence-corrected chi connectivity index (χ1v) is 9.88. The molecule has 0 spiro atoms. The average molecular weight is 478 g/mol. The zero-order valence-corrected chi connectivity index (χ0v) is 18.3. The van der Waals surface area contributed by atoms with Crippen LogP contribution in [0.5, 0.6) is 11.5 Å². The van der Waals surface area contributed by atoms with E-state index >= 15 is 0 Å². The Bertz CT molecular complexity index is 1050. The number of nitrogens with zero attached hydrogens (tertiary/aromatic N) is 2. The second kappa shape index (κ2) is 9.57. The Balaban J connectivity index is 1.64. The number of hydrogen-bond donors (Lipinski definition) is 3. The summed E-state index contributed by atoms with van der Waals surface area (Å²) in [4.78, 5) is 12.2. The number of nitrogens with one attached hydrogen (secondary N) is 3. The average Bonchev–Trinajstić information content (AvgIpc) is 3.11. The SMILES string of the molecule is COc1cc(CNn2cn[nH]c2=S)cc(Br)c1OCC(=O)Nc1ccc(C)cc1. The molecule has 0 radical (unpaired) electrons. The number of methoxy groups -OCH3 is 1. The summed E-state index contributed by atoms with van der Waals surface area (Å²) >= 11 is 8.59. The van der Waals surface area contributed by atoms with Gasteiger partial charge in [0.2, 0.25) is 4.77 Å². The summed E-state index contributed by atoms with van der Waals surface area (Å²) in [5, 5.41) is 9.32. The molecule has 0 saturated heterocycles. The van der Waals surface area contributed by atoms with E-state index in [0.29, 0.717) is 27.3 Å². The van der Waals surface area contributed by atoms with Crippen LogP contribution in [0.15, 0.2) is 47.2 Å². The molecule has 152 valence electrons. The van der Waals surface area contributed by atoms with Crippen LogP contribution in [-0.2, 0) is 11.3 Å². The van der Waals surface area contributed by atoms with Crippen LogP contribution in [-0.4, -0.2) is 34.5 Å². The number of amides is 1. The van der Waals surface area contributed by atoms with Crippen LogP contribution in [0.4, 0.5) is 5.69 Å². The molecule has 3 N–H and O–H groups in total. The Morgan fingerprint density at radius 1 is 1.31 bits per heavy atom. The molecule has 0 aliphatic carbocycles. The maximum atomic E-state index is 12.2. The third-order valence-corrected chi connectivity index (χ3v) is 4.85. The summed E-state index contributed by atoms with van der Waals surface area (Å²) in [6, 6.07) is 11.3. The molecular formula is C19H20BrN5O3S. The number of anilines is 1. The van der Waals surface area contributed by atoms with E-state index in [2.05, 4.69) is 36.9 Å². The van der Waals surface area contributed by atoms with Gasteiger partial charge in [-0.15, -0.1) is 0 Å². The molecule has 2 aromatic carbocycles. The monoisotopic (exact) mass is 477 g/mol. The van der Waals surface area contributed by atoms with Crippen molar-refractivity contribution in [1.29, 1.82) is 0 Å². The Morgan fingerprint density at radius 3 is 2.72 bits per heavy atom. The molecule has 8 nitrogen and oxygen atoms in total. The molecule has 10 heteroatoms. The van der Waals surface area contributed by atoms with E-state index in [4.69, 9.17) is 21.7 Å². The number of ether oxygens (including phenoxy) is 2. The Kier molecular flexibility index (Phi) is 6.89. The van der Waals surface area contributed by atoms with E-state index in [1.165, 1.54) is 0 Å². The summed E-state index contributed by atoms with van der Waals surface area (Å²) in [6.45, 7) is 2.32. The predicted molar refractivity (Wildman–Crippen MR) is 116 cm³/mol. The fourth-order valence-corrected chi connectivity index (χ4v) is 3.29. The van der Waals surface area contributed by atoms with Crippen molar-refractivity contribution in [3.63, 3.8) is 0 Å². The minimum Gasteiger partial charge on any atom is -0.493 e. The van der Waals surface area contributed by atoms with Gasteiger partial charge in [0.05, 0.1) is 18.1 Å². The molecule has 3 aromatic rings. The largest absolute Gasteiger partial charge is 0.493 e. The Morgan fingerprint density at radius 2 is 2.07 bits per heavy atom. The second-order valence-electron chi connectivity index (χ2n) is 6.18. The highest BCUT2D eigenvalue weighted by molar-refractivity contribution is 9.10. The zero-order chi connectivity index (χ0) is 20.8. The first-order chi connectivity index (χ1) is 14.0. The maximum absolute atomic E-state index is 12.2. The number of benzene rings is 2. The van der Waals surface area contributed by atoms with Crippen LogP contribution in [0.3, 0.4) is 0 Å². The highest BCUT2D eigenvalue weighted by Crippen LogP contribution is 2.36. The lowest BCUT2D eigenvalue weighted by atomic mass is 10.2. The molecule has 0 unspecified atom stereocenters. The minimum absolute atomic E-state index is 0.148. The smallest absolute Gasteiger partial charge is 0.262 e. The summed E-state index contributed by atoms with van der Waals surface area (Å²) in [5.74, 6) is 0.702. The highest BCUT2D eigenvalue weighted by Gasteiger charge is 2.14. The number of halogens is 1. The number of aromatic nitrogens is 3. The lowest BCUT2D eigenvalue weighted by Gasteiger charge is -2.15. The molecule has 0 fully saturated rings. The van der Waals surface area contributed by atoms with Crippen molar-refractivity contribution in [2.24, 2.45) is 0 Å². The number of H-pyrrole nitrogens is 1. The van der Waals surface area contributed by atoms with Crippen molar-refractivity contribution in [3.05, 3.63) is 63.1 Å². The minimum atomic E-state index is -0.261. The van der Waals surface area contributed by atoms with Gasteiger partial charge in [-0.05, 0) is 64.9 Å². The number of carbonyl (C=O) groups is 1. The first-order valence-electron chi connectivity index (χ1n) is 8.68. The van der Waals surface area contributed by atoms with Crippen LogP contribution >= 0.6 is 28.1 Å².